The van der Waals surface area contributed by atoms with Crippen LogP contribution in [0.25, 0.3) is 11.4 Å². The van der Waals surface area contributed by atoms with Crippen molar-refractivity contribution in [3.8, 4) is 11.4 Å². The van der Waals surface area contributed by atoms with Gasteiger partial charge in [0.1, 0.15) is 6.54 Å². The van der Waals surface area contributed by atoms with Crippen LogP contribution in [0.1, 0.15) is 22.8 Å². The SMILES string of the molecule is CCS(=O)(=O)N1CCc2cc(C(=O)Cn3nnc(-c4ccccc4)n3)ccc21. The zero-order valence-corrected chi connectivity index (χ0v) is 16.1. The van der Waals surface area contributed by atoms with E-state index in [1.54, 1.807) is 25.1 Å². The third-order valence-electron chi connectivity index (χ3n) is 4.72. The van der Waals surface area contributed by atoms with Gasteiger partial charge in [-0.05, 0) is 42.3 Å². The lowest BCUT2D eigenvalue weighted by atomic mass is 10.1. The third-order valence-corrected chi connectivity index (χ3v) is 6.51. The lowest BCUT2D eigenvalue weighted by Gasteiger charge is -2.18. The van der Waals surface area contributed by atoms with E-state index in [4.69, 9.17) is 0 Å². The summed E-state index contributed by atoms with van der Waals surface area (Å²) < 4.78 is 25.8. The maximum absolute atomic E-state index is 12.6. The summed E-state index contributed by atoms with van der Waals surface area (Å²) in [5.74, 6) is 0.355. The number of hydrogen-bond donors (Lipinski definition) is 0. The second-order valence-electron chi connectivity index (χ2n) is 6.50. The minimum absolute atomic E-state index is 0.0321. The van der Waals surface area contributed by atoms with E-state index in [1.807, 2.05) is 30.3 Å². The monoisotopic (exact) mass is 397 g/mol. The maximum atomic E-state index is 12.6. The first-order chi connectivity index (χ1) is 13.5. The fourth-order valence-electron chi connectivity index (χ4n) is 3.22. The molecule has 4 rings (SSSR count). The van der Waals surface area contributed by atoms with Gasteiger partial charge in [0, 0.05) is 17.7 Å². The van der Waals surface area contributed by atoms with Crippen LogP contribution in [0, 0.1) is 0 Å². The number of Topliss-reactive ketones (excluding diaryl/α,β-unsaturated/α-hetero) is 1. The summed E-state index contributed by atoms with van der Waals surface area (Å²) in [5.41, 5.74) is 2.85. The molecule has 2 heterocycles. The van der Waals surface area contributed by atoms with E-state index in [0.29, 0.717) is 30.0 Å². The molecule has 28 heavy (non-hydrogen) atoms. The predicted octanol–water partition coefficient (Wildman–Crippen LogP) is 1.94. The summed E-state index contributed by atoms with van der Waals surface area (Å²) in [4.78, 5) is 13.9. The zero-order valence-electron chi connectivity index (χ0n) is 15.3. The van der Waals surface area contributed by atoms with Gasteiger partial charge in [0.2, 0.25) is 15.8 Å². The van der Waals surface area contributed by atoms with Gasteiger partial charge in [-0.25, -0.2) is 8.42 Å². The van der Waals surface area contributed by atoms with Crippen LogP contribution in [-0.2, 0) is 23.0 Å². The number of anilines is 1. The Hall–Kier alpha value is -3.07. The highest BCUT2D eigenvalue weighted by atomic mass is 32.2. The molecule has 8 nitrogen and oxygen atoms in total. The Morgan fingerprint density at radius 1 is 1.14 bits per heavy atom. The molecule has 0 N–H and O–H groups in total. The van der Waals surface area contributed by atoms with Crippen molar-refractivity contribution in [2.24, 2.45) is 0 Å². The summed E-state index contributed by atoms with van der Waals surface area (Å²) in [7, 11) is -3.30. The average molecular weight is 397 g/mol. The number of carbonyl (C=O) groups excluding carboxylic acids is 1. The Bertz CT molecular complexity index is 1130. The minimum atomic E-state index is -3.30. The molecule has 0 aliphatic carbocycles. The van der Waals surface area contributed by atoms with Crippen molar-refractivity contribution >= 4 is 21.5 Å². The van der Waals surface area contributed by atoms with Crippen LogP contribution in [-0.4, -0.2) is 46.7 Å². The summed E-state index contributed by atoms with van der Waals surface area (Å²) in [5, 5.41) is 12.2. The molecule has 0 bridgehead atoms. The predicted molar refractivity (Wildman–Crippen MR) is 105 cm³/mol. The van der Waals surface area contributed by atoms with Crippen LogP contribution < -0.4 is 4.31 Å². The molecule has 9 heteroatoms. The van der Waals surface area contributed by atoms with Gasteiger partial charge in [-0.3, -0.25) is 9.10 Å². The number of ketones is 1. The van der Waals surface area contributed by atoms with E-state index >= 15 is 0 Å². The summed E-state index contributed by atoms with van der Waals surface area (Å²) >= 11 is 0. The van der Waals surface area contributed by atoms with E-state index in [9.17, 15) is 13.2 Å². The van der Waals surface area contributed by atoms with Crippen molar-refractivity contribution in [1.29, 1.82) is 0 Å². The van der Waals surface area contributed by atoms with Crippen molar-refractivity contribution < 1.29 is 13.2 Å². The van der Waals surface area contributed by atoms with Gasteiger partial charge in [0.05, 0.1) is 11.4 Å². The van der Waals surface area contributed by atoms with Gasteiger partial charge in [-0.2, -0.15) is 4.80 Å². The molecule has 3 aromatic rings. The van der Waals surface area contributed by atoms with Crippen molar-refractivity contribution in [2.75, 3.05) is 16.6 Å². The Kier molecular flexibility index (Phi) is 4.68. The maximum Gasteiger partial charge on any atom is 0.234 e. The number of tetrazole rings is 1. The fourth-order valence-corrected chi connectivity index (χ4v) is 4.38. The number of carbonyl (C=O) groups is 1. The van der Waals surface area contributed by atoms with E-state index < -0.39 is 10.0 Å². The first-order valence-corrected chi connectivity index (χ1v) is 10.6. The molecule has 1 aliphatic heterocycles. The number of aromatic nitrogens is 4. The van der Waals surface area contributed by atoms with Crippen LogP contribution in [0.15, 0.2) is 48.5 Å². The number of benzene rings is 2. The van der Waals surface area contributed by atoms with Gasteiger partial charge < -0.3 is 0 Å². The Balaban J connectivity index is 1.52. The summed E-state index contributed by atoms with van der Waals surface area (Å²) in [6.07, 6.45) is 0.593. The van der Waals surface area contributed by atoms with E-state index in [0.717, 1.165) is 11.1 Å². The van der Waals surface area contributed by atoms with E-state index in [-0.39, 0.29) is 18.1 Å². The lowest BCUT2D eigenvalue weighted by Crippen LogP contribution is -2.30. The van der Waals surface area contributed by atoms with Crippen molar-refractivity contribution in [3.63, 3.8) is 0 Å². The summed E-state index contributed by atoms with van der Waals surface area (Å²) in [6.45, 7) is 2.00. The normalized spacial score (nSPS) is 13.5. The summed E-state index contributed by atoms with van der Waals surface area (Å²) in [6, 6.07) is 14.5. The Morgan fingerprint density at radius 2 is 1.93 bits per heavy atom. The Morgan fingerprint density at radius 3 is 2.68 bits per heavy atom. The molecule has 0 saturated heterocycles. The van der Waals surface area contributed by atoms with E-state index in [2.05, 4.69) is 15.4 Å². The van der Waals surface area contributed by atoms with Gasteiger partial charge >= 0.3 is 0 Å². The average Bonchev–Trinajstić information content (AvgIpc) is 3.35. The minimum Gasteiger partial charge on any atom is -0.292 e. The molecule has 0 fully saturated rings. The number of sulfonamides is 1. The molecule has 2 aromatic carbocycles. The number of fused-ring (bicyclic) bond motifs is 1. The molecule has 0 saturated carbocycles. The first-order valence-electron chi connectivity index (χ1n) is 8.97. The molecule has 0 spiro atoms. The molecule has 144 valence electrons. The largest absolute Gasteiger partial charge is 0.292 e. The molecular weight excluding hydrogens is 378 g/mol. The van der Waals surface area contributed by atoms with Crippen LogP contribution >= 0.6 is 0 Å². The fraction of sp³-hybridized carbons (Fsp3) is 0.263. The van der Waals surface area contributed by atoms with Crippen LogP contribution in [0.4, 0.5) is 5.69 Å². The second-order valence-corrected chi connectivity index (χ2v) is 8.68. The molecule has 1 aromatic heterocycles. The highest BCUT2D eigenvalue weighted by Crippen LogP contribution is 2.31. The van der Waals surface area contributed by atoms with Crippen LogP contribution in [0.3, 0.4) is 0 Å². The van der Waals surface area contributed by atoms with Gasteiger partial charge in [-0.1, -0.05) is 30.3 Å². The highest BCUT2D eigenvalue weighted by Gasteiger charge is 2.28. The standard InChI is InChI=1S/C19H19N5O3S/c1-2-28(26,27)23-11-10-15-12-16(8-9-17(15)23)18(25)13-24-21-19(20-22-24)14-6-4-3-5-7-14/h3-9,12H,2,10-11,13H2,1H3. The van der Waals surface area contributed by atoms with Gasteiger partial charge in [-0.15, -0.1) is 10.2 Å². The van der Waals surface area contributed by atoms with Crippen molar-refractivity contribution in [2.45, 2.75) is 19.9 Å². The number of hydrogen-bond acceptors (Lipinski definition) is 6. The smallest absolute Gasteiger partial charge is 0.234 e. The number of rotatable bonds is 6. The third kappa shape index (κ3) is 3.40. The van der Waals surface area contributed by atoms with Gasteiger partial charge in [0.25, 0.3) is 0 Å². The quantitative estimate of drug-likeness (QED) is 0.590. The molecule has 1 aliphatic rings. The first kappa shape index (κ1) is 18.3. The van der Waals surface area contributed by atoms with E-state index in [1.165, 1.54) is 9.10 Å². The van der Waals surface area contributed by atoms with Gasteiger partial charge in [0.15, 0.2) is 5.78 Å². The van der Waals surface area contributed by atoms with Crippen LogP contribution in [0.5, 0.6) is 0 Å². The topological polar surface area (TPSA) is 98.1 Å². The second kappa shape index (κ2) is 7.16. The zero-order chi connectivity index (χ0) is 19.7. The van der Waals surface area contributed by atoms with Crippen molar-refractivity contribution in [1.82, 2.24) is 20.2 Å². The molecule has 0 radical (unpaired) electrons. The van der Waals surface area contributed by atoms with Crippen LogP contribution in [0.2, 0.25) is 0 Å². The molecule has 0 unspecified atom stereocenters. The molecule has 0 amide bonds. The lowest BCUT2D eigenvalue weighted by molar-refractivity contribution is 0.0961. The Labute approximate surface area is 162 Å². The highest BCUT2D eigenvalue weighted by molar-refractivity contribution is 7.92. The van der Waals surface area contributed by atoms with Crippen molar-refractivity contribution in [3.05, 3.63) is 59.7 Å². The molecular formula is C19H19N5O3S. The number of nitrogens with zero attached hydrogens (tertiary/aromatic N) is 5. The molecule has 0 atom stereocenters.